The Bertz CT molecular complexity index is 1340. The van der Waals surface area contributed by atoms with Crippen molar-refractivity contribution >= 4 is 23.0 Å². The molecule has 0 saturated heterocycles. The van der Waals surface area contributed by atoms with E-state index in [1.54, 1.807) is 4.90 Å². The Morgan fingerprint density at radius 1 is 0.925 bits per heavy atom. The molecule has 0 saturated carbocycles. The Morgan fingerprint density at radius 2 is 1.52 bits per heavy atom. The van der Waals surface area contributed by atoms with Gasteiger partial charge < -0.3 is 25.0 Å². The highest BCUT2D eigenvalue weighted by atomic mass is 16.6. The number of H-pyrrole nitrogens is 1. The molecule has 210 valence electrons. The second-order valence-corrected chi connectivity index (χ2v) is 11.1. The number of benzene rings is 3. The molecule has 0 aliphatic heterocycles. The van der Waals surface area contributed by atoms with Gasteiger partial charge in [0.2, 0.25) is 0 Å². The predicted octanol–water partition coefficient (Wildman–Crippen LogP) is 6.21. The first-order valence-corrected chi connectivity index (χ1v) is 13.8. The standard InChI is InChI=1S/C33H39N3O4/c1-33(2,3)40-32(39)36(23-29(24-12-6-4-7-13-24)25-14-8-5-9-15-25)19-18-34-27(21-31(37)38)20-26-22-35-30-17-11-10-16-28(26)30/h4-17,22,27,29,34-35H,18-21,23H2,1-3H3,(H,37,38)/t27-/m0/s1. The first-order chi connectivity index (χ1) is 19.2. The van der Waals surface area contributed by atoms with Gasteiger partial charge in [0, 0.05) is 48.7 Å². The lowest BCUT2D eigenvalue weighted by Crippen LogP contribution is -2.44. The molecule has 1 amide bonds. The molecular weight excluding hydrogens is 502 g/mol. The number of hydrogen-bond acceptors (Lipinski definition) is 4. The topological polar surface area (TPSA) is 94.7 Å². The number of rotatable bonds is 12. The van der Waals surface area contributed by atoms with Gasteiger partial charge in [-0.15, -0.1) is 0 Å². The molecule has 7 nitrogen and oxygen atoms in total. The van der Waals surface area contributed by atoms with Crippen molar-refractivity contribution < 1.29 is 19.4 Å². The number of nitrogens with zero attached hydrogens (tertiary/aromatic N) is 1. The number of aliphatic carboxylic acids is 1. The first-order valence-electron chi connectivity index (χ1n) is 13.8. The van der Waals surface area contributed by atoms with Crippen molar-refractivity contribution in [3.05, 3.63) is 108 Å². The van der Waals surface area contributed by atoms with E-state index in [2.05, 4.69) is 34.6 Å². The Hall–Kier alpha value is -4.10. The van der Waals surface area contributed by atoms with Crippen molar-refractivity contribution in [3.63, 3.8) is 0 Å². The van der Waals surface area contributed by atoms with Gasteiger partial charge in [-0.2, -0.15) is 0 Å². The summed E-state index contributed by atoms with van der Waals surface area (Å²) in [4.78, 5) is 30.1. The molecule has 0 fully saturated rings. The van der Waals surface area contributed by atoms with Crippen LogP contribution >= 0.6 is 0 Å². The summed E-state index contributed by atoms with van der Waals surface area (Å²) in [6.45, 7) is 6.80. The molecule has 0 aliphatic carbocycles. The fraction of sp³-hybridized carbons (Fsp3) is 0.333. The third-order valence-corrected chi connectivity index (χ3v) is 6.84. The minimum atomic E-state index is -0.866. The Balaban J connectivity index is 1.51. The van der Waals surface area contributed by atoms with Crippen LogP contribution in [0.4, 0.5) is 4.79 Å². The van der Waals surface area contributed by atoms with Crippen molar-refractivity contribution in [1.82, 2.24) is 15.2 Å². The maximum atomic E-state index is 13.4. The Morgan fingerprint density at radius 3 is 2.12 bits per heavy atom. The van der Waals surface area contributed by atoms with Crippen molar-refractivity contribution in [3.8, 4) is 0 Å². The fourth-order valence-corrected chi connectivity index (χ4v) is 4.97. The summed E-state index contributed by atoms with van der Waals surface area (Å²) >= 11 is 0. The molecule has 0 bridgehead atoms. The van der Waals surface area contributed by atoms with Gasteiger partial charge in [-0.1, -0.05) is 78.9 Å². The molecule has 4 rings (SSSR count). The molecule has 0 radical (unpaired) electrons. The predicted molar refractivity (Wildman–Crippen MR) is 159 cm³/mol. The number of amides is 1. The summed E-state index contributed by atoms with van der Waals surface area (Å²) in [6.07, 6.45) is 2.08. The fourth-order valence-electron chi connectivity index (χ4n) is 4.97. The normalized spacial score (nSPS) is 12.4. The monoisotopic (exact) mass is 541 g/mol. The van der Waals surface area contributed by atoms with E-state index in [1.165, 1.54) is 0 Å². The number of aromatic nitrogens is 1. The highest BCUT2D eigenvalue weighted by molar-refractivity contribution is 5.83. The van der Waals surface area contributed by atoms with Gasteiger partial charge in [-0.3, -0.25) is 4.79 Å². The van der Waals surface area contributed by atoms with Crippen LogP contribution in [0.2, 0.25) is 0 Å². The van der Waals surface area contributed by atoms with Gasteiger partial charge in [-0.05, 0) is 49.9 Å². The maximum absolute atomic E-state index is 13.4. The van der Waals surface area contributed by atoms with E-state index in [0.29, 0.717) is 26.1 Å². The second kappa shape index (κ2) is 13.3. The molecule has 3 N–H and O–H groups in total. The number of carboxylic acid groups (broad SMARTS) is 1. The van der Waals surface area contributed by atoms with Crippen LogP contribution in [-0.4, -0.2) is 58.3 Å². The molecule has 1 heterocycles. The smallest absolute Gasteiger partial charge is 0.410 e. The average molecular weight is 542 g/mol. The molecule has 0 unspecified atom stereocenters. The lowest BCUT2D eigenvalue weighted by Gasteiger charge is -2.31. The van der Waals surface area contributed by atoms with Gasteiger partial charge >= 0.3 is 12.1 Å². The van der Waals surface area contributed by atoms with E-state index >= 15 is 0 Å². The van der Waals surface area contributed by atoms with E-state index < -0.39 is 17.7 Å². The summed E-state index contributed by atoms with van der Waals surface area (Å²) in [5.74, 6) is -0.912. The second-order valence-electron chi connectivity index (χ2n) is 11.1. The molecule has 1 aromatic heterocycles. The Labute approximate surface area is 236 Å². The Kier molecular flexibility index (Phi) is 9.61. The van der Waals surface area contributed by atoms with E-state index in [1.807, 2.05) is 87.6 Å². The molecule has 7 heteroatoms. The van der Waals surface area contributed by atoms with Crippen LogP contribution in [-0.2, 0) is 16.0 Å². The number of carbonyl (C=O) groups excluding carboxylic acids is 1. The number of nitrogens with one attached hydrogen (secondary N) is 2. The van der Waals surface area contributed by atoms with Crippen LogP contribution in [0, 0.1) is 0 Å². The zero-order valence-electron chi connectivity index (χ0n) is 23.5. The van der Waals surface area contributed by atoms with E-state index in [9.17, 15) is 14.7 Å². The quantitative estimate of drug-likeness (QED) is 0.198. The zero-order chi connectivity index (χ0) is 28.5. The van der Waals surface area contributed by atoms with Crippen molar-refractivity contribution in [2.24, 2.45) is 0 Å². The largest absolute Gasteiger partial charge is 0.481 e. The lowest BCUT2D eigenvalue weighted by atomic mass is 9.91. The van der Waals surface area contributed by atoms with E-state index in [4.69, 9.17) is 4.74 Å². The van der Waals surface area contributed by atoms with Crippen LogP contribution in [0.15, 0.2) is 91.1 Å². The first kappa shape index (κ1) is 28.9. The average Bonchev–Trinajstić information content (AvgIpc) is 3.33. The van der Waals surface area contributed by atoms with Gasteiger partial charge in [0.25, 0.3) is 0 Å². The summed E-state index contributed by atoms with van der Waals surface area (Å²) in [5.41, 5.74) is 3.66. The van der Waals surface area contributed by atoms with Crippen LogP contribution in [0.1, 0.15) is 49.8 Å². The molecule has 3 aromatic carbocycles. The number of ether oxygens (including phenoxy) is 1. The maximum Gasteiger partial charge on any atom is 0.410 e. The molecule has 0 spiro atoms. The van der Waals surface area contributed by atoms with Crippen LogP contribution in [0.3, 0.4) is 0 Å². The minimum Gasteiger partial charge on any atom is -0.481 e. The number of carboxylic acids is 1. The van der Waals surface area contributed by atoms with E-state index in [-0.39, 0.29) is 18.4 Å². The summed E-state index contributed by atoms with van der Waals surface area (Å²) in [6, 6.07) is 28.0. The van der Waals surface area contributed by atoms with Crippen molar-refractivity contribution in [2.75, 3.05) is 19.6 Å². The van der Waals surface area contributed by atoms with Crippen LogP contribution in [0.5, 0.6) is 0 Å². The van der Waals surface area contributed by atoms with E-state index in [0.717, 1.165) is 27.6 Å². The van der Waals surface area contributed by atoms with Gasteiger partial charge in [0.15, 0.2) is 0 Å². The minimum absolute atomic E-state index is 0.0252. The van der Waals surface area contributed by atoms with Crippen LogP contribution in [0.25, 0.3) is 10.9 Å². The third-order valence-electron chi connectivity index (χ3n) is 6.84. The molecular formula is C33H39N3O4. The number of aromatic amines is 1. The summed E-state index contributed by atoms with van der Waals surface area (Å²) in [5, 5.41) is 14.1. The molecule has 4 aromatic rings. The summed E-state index contributed by atoms with van der Waals surface area (Å²) < 4.78 is 5.79. The summed E-state index contributed by atoms with van der Waals surface area (Å²) in [7, 11) is 0. The SMILES string of the molecule is CC(C)(C)OC(=O)N(CCN[C@H](CC(=O)O)Cc1c[nH]c2ccccc12)CC(c1ccccc1)c1ccccc1. The number of hydrogen-bond donors (Lipinski definition) is 3. The third kappa shape index (κ3) is 8.20. The van der Waals surface area contributed by atoms with Gasteiger partial charge in [-0.25, -0.2) is 4.79 Å². The van der Waals surface area contributed by atoms with Gasteiger partial charge in [0.05, 0.1) is 6.42 Å². The van der Waals surface area contributed by atoms with Crippen molar-refractivity contribution in [2.45, 2.75) is 51.2 Å². The number of fused-ring (bicyclic) bond motifs is 1. The lowest BCUT2D eigenvalue weighted by molar-refractivity contribution is -0.137. The molecule has 0 aliphatic rings. The highest BCUT2D eigenvalue weighted by Gasteiger charge is 2.26. The highest BCUT2D eigenvalue weighted by Crippen LogP contribution is 2.26. The van der Waals surface area contributed by atoms with Crippen LogP contribution < -0.4 is 5.32 Å². The molecule has 1 atom stereocenters. The van der Waals surface area contributed by atoms with Gasteiger partial charge in [0.1, 0.15) is 5.60 Å². The molecule has 40 heavy (non-hydrogen) atoms. The number of carbonyl (C=O) groups is 2. The zero-order valence-corrected chi connectivity index (χ0v) is 23.5. The number of para-hydroxylation sites is 1. The van der Waals surface area contributed by atoms with Crippen molar-refractivity contribution in [1.29, 1.82) is 0 Å².